The summed E-state index contributed by atoms with van der Waals surface area (Å²) in [6.45, 7) is -0.136. The van der Waals surface area contributed by atoms with Crippen molar-refractivity contribution in [3.8, 4) is 0 Å². The molecule has 0 unspecified atom stereocenters. The lowest BCUT2D eigenvalue weighted by Gasteiger charge is -2.12. The van der Waals surface area contributed by atoms with Crippen LogP contribution in [0.1, 0.15) is 15.9 Å². The highest BCUT2D eigenvalue weighted by Crippen LogP contribution is 2.20. The molecule has 0 heterocycles. The van der Waals surface area contributed by atoms with Crippen molar-refractivity contribution in [3.05, 3.63) is 63.6 Å². The van der Waals surface area contributed by atoms with Gasteiger partial charge in [0.25, 0.3) is 5.91 Å². The summed E-state index contributed by atoms with van der Waals surface area (Å²) in [7, 11) is 3.81. The summed E-state index contributed by atoms with van der Waals surface area (Å²) in [6, 6.07) is 11.9. The Bertz CT molecular complexity index is 761. The SMILES string of the molecule is CN(C)c1ccc(C(=O)OCC(=O)NCc2ccc(Cl)cc2Cl)cc1. The Kier molecular flexibility index (Phi) is 6.67. The van der Waals surface area contributed by atoms with E-state index in [0.717, 1.165) is 11.3 Å². The average molecular weight is 381 g/mol. The van der Waals surface area contributed by atoms with E-state index in [4.69, 9.17) is 27.9 Å². The number of carbonyl (C=O) groups excluding carboxylic acids is 2. The smallest absolute Gasteiger partial charge is 0.338 e. The van der Waals surface area contributed by atoms with E-state index in [1.807, 2.05) is 19.0 Å². The molecule has 0 spiro atoms. The van der Waals surface area contributed by atoms with Gasteiger partial charge in [-0.25, -0.2) is 4.79 Å². The fraction of sp³-hybridized carbons (Fsp3) is 0.222. The van der Waals surface area contributed by atoms with Gasteiger partial charge in [0.05, 0.1) is 5.56 Å². The lowest BCUT2D eigenvalue weighted by Crippen LogP contribution is -2.28. The number of carbonyl (C=O) groups is 2. The zero-order valence-electron chi connectivity index (χ0n) is 13.9. The molecule has 0 radical (unpaired) electrons. The fourth-order valence-corrected chi connectivity index (χ4v) is 2.50. The molecule has 5 nitrogen and oxygen atoms in total. The zero-order valence-corrected chi connectivity index (χ0v) is 15.4. The number of amides is 1. The van der Waals surface area contributed by atoms with Crippen LogP contribution in [0.5, 0.6) is 0 Å². The van der Waals surface area contributed by atoms with Crippen molar-refractivity contribution < 1.29 is 14.3 Å². The van der Waals surface area contributed by atoms with Gasteiger partial charge in [-0.2, -0.15) is 0 Å². The van der Waals surface area contributed by atoms with Crippen LogP contribution in [0.4, 0.5) is 5.69 Å². The van der Waals surface area contributed by atoms with Gasteiger partial charge in [-0.05, 0) is 42.0 Å². The van der Waals surface area contributed by atoms with Crippen LogP contribution in [0.3, 0.4) is 0 Å². The first-order valence-corrected chi connectivity index (χ1v) is 8.27. The minimum Gasteiger partial charge on any atom is -0.452 e. The summed E-state index contributed by atoms with van der Waals surface area (Å²) in [5, 5.41) is 3.63. The molecule has 132 valence electrons. The number of nitrogens with zero attached hydrogens (tertiary/aromatic N) is 1. The maximum absolute atomic E-state index is 11.9. The summed E-state index contributed by atoms with van der Waals surface area (Å²) in [6.07, 6.45) is 0. The molecule has 0 aliphatic heterocycles. The molecule has 0 bridgehead atoms. The van der Waals surface area contributed by atoms with Gasteiger partial charge in [-0.3, -0.25) is 4.79 Å². The van der Waals surface area contributed by atoms with Gasteiger partial charge >= 0.3 is 5.97 Å². The first kappa shape index (κ1) is 19.1. The second kappa shape index (κ2) is 8.74. The van der Waals surface area contributed by atoms with Gasteiger partial charge in [0.2, 0.25) is 0 Å². The van der Waals surface area contributed by atoms with Crippen molar-refractivity contribution in [2.24, 2.45) is 0 Å². The molecule has 2 rings (SSSR count). The van der Waals surface area contributed by atoms with Crippen molar-refractivity contribution in [1.29, 1.82) is 0 Å². The second-order valence-corrected chi connectivity index (χ2v) is 6.37. The Morgan fingerprint density at radius 3 is 2.36 bits per heavy atom. The van der Waals surface area contributed by atoms with Crippen molar-refractivity contribution in [3.63, 3.8) is 0 Å². The Hall–Kier alpha value is -2.24. The molecule has 1 amide bonds. The van der Waals surface area contributed by atoms with Crippen LogP contribution in [0, 0.1) is 0 Å². The third-order valence-electron chi connectivity index (χ3n) is 3.44. The van der Waals surface area contributed by atoms with Crippen molar-refractivity contribution in [2.75, 3.05) is 25.6 Å². The molecule has 25 heavy (non-hydrogen) atoms. The highest BCUT2D eigenvalue weighted by atomic mass is 35.5. The van der Waals surface area contributed by atoms with Crippen LogP contribution in [0.15, 0.2) is 42.5 Å². The molecule has 0 aliphatic carbocycles. The van der Waals surface area contributed by atoms with Gasteiger partial charge < -0.3 is 15.0 Å². The van der Waals surface area contributed by atoms with Crippen LogP contribution in [0.25, 0.3) is 0 Å². The Balaban J connectivity index is 1.81. The van der Waals surface area contributed by atoms with Crippen LogP contribution in [-0.2, 0) is 16.1 Å². The molecular formula is C18H18Cl2N2O3. The summed E-state index contributed by atoms with van der Waals surface area (Å²) >= 11 is 11.8. The van der Waals surface area contributed by atoms with Crippen LogP contribution >= 0.6 is 23.2 Å². The van der Waals surface area contributed by atoms with Crippen LogP contribution in [0.2, 0.25) is 10.0 Å². The fourth-order valence-electron chi connectivity index (χ4n) is 2.02. The maximum atomic E-state index is 11.9. The number of nitrogens with one attached hydrogen (secondary N) is 1. The zero-order chi connectivity index (χ0) is 18.4. The predicted octanol–water partition coefficient (Wildman–Crippen LogP) is 3.53. The van der Waals surface area contributed by atoms with Gasteiger partial charge in [0.1, 0.15) is 0 Å². The van der Waals surface area contributed by atoms with E-state index in [9.17, 15) is 9.59 Å². The van der Waals surface area contributed by atoms with E-state index in [1.54, 1.807) is 42.5 Å². The Morgan fingerprint density at radius 2 is 1.76 bits per heavy atom. The highest BCUT2D eigenvalue weighted by Gasteiger charge is 2.11. The van der Waals surface area contributed by atoms with Crippen molar-refractivity contribution in [1.82, 2.24) is 5.32 Å². The van der Waals surface area contributed by atoms with E-state index in [-0.39, 0.29) is 13.2 Å². The summed E-state index contributed by atoms with van der Waals surface area (Å²) in [5.74, 6) is -0.964. The summed E-state index contributed by atoms with van der Waals surface area (Å²) < 4.78 is 5.01. The first-order chi connectivity index (χ1) is 11.9. The quantitative estimate of drug-likeness (QED) is 0.778. The molecule has 7 heteroatoms. The maximum Gasteiger partial charge on any atom is 0.338 e. The number of rotatable bonds is 6. The van der Waals surface area contributed by atoms with E-state index in [0.29, 0.717) is 15.6 Å². The third-order valence-corrected chi connectivity index (χ3v) is 4.03. The molecule has 0 aromatic heterocycles. The summed E-state index contributed by atoms with van der Waals surface area (Å²) in [5.41, 5.74) is 2.08. The Morgan fingerprint density at radius 1 is 1.08 bits per heavy atom. The molecule has 0 aliphatic rings. The molecule has 0 atom stereocenters. The minimum absolute atomic E-state index is 0.226. The standard InChI is InChI=1S/C18H18Cl2N2O3/c1-22(2)15-7-4-12(5-8-15)18(24)25-11-17(23)21-10-13-3-6-14(19)9-16(13)20/h3-9H,10-11H2,1-2H3,(H,21,23). The number of benzene rings is 2. The van der Waals surface area contributed by atoms with E-state index < -0.39 is 11.9 Å². The molecule has 0 saturated carbocycles. The molecule has 2 aromatic carbocycles. The molecule has 0 fully saturated rings. The van der Waals surface area contributed by atoms with Crippen molar-refractivity contribution in [2.45, 2.75) is 6.54 Å². The number of ether oxygens (including phenoxy) is 1. The molecular weight excluding hydrogens is 363 g/mol. The number of halogens is 2. The third kappa shape index (κ3) is 5.66. The molecule has 0 saturated heterocycles. The predicted molar refractivity (Wildman–Crippen MR) is 99.4 cm³/mol. The number of hydrogen-bond acceptors (Lipinski definition) is 4. The van der Waals surface area contributed by atoms with Crippen molar-refractivity contribution >= 4 is 40.8 Å². The normalized spacial score (nSPS) is 10.2. The topological polar surface area (TPSA) is 58.6 Å². The van der Waals surface area contributed by atoms with Gasteiger partial charge in [0.15, 0.2) is 6.61 Å². The molecule has 1 N–H and O–H groups in total. The monoisotopic (exact) mass is 380 g/mol. The number of hydrogen-bond donors (Lipinski definition) is 1. The van der Waals surface area contributed by atoms with E-state index in [2.05, 4.69) is 5.32 Å². The van der Waals surface area contributed by atoms with E-state index >= 15 is 0 Å². The van der Waals surface area contributed by atoms with Crippen LogP contribution < -0.4 is 10.2 Å². The lowest BCUT2D eigenvalue weighted by molar-refractivity contribution is -0.124. The first-order valence-electron chi connectivity index (χ1n) is 7.52. The second-order valence-electron chi connectivity index (χ2n) is 5.53. The largest absolute Gasteiger partial charge is 0.452 e. The Labute approximate surface area is 156 Å². The van der Waals surface area contributed by atoms with Gasteiger partial charge in [-0.1, -0.05) is 29.3 Å². The summed E-state index contributed by atoms with van der Waals surface area (Å²) in [4.78, 5) is 25.7. The van der Waals surface area contributed by atoms with Gasteiger partial charge in [0, 0.05) is 36.4 Å². The highest BCUT2D eigenvalue weighted by molar-refractivity contribution is 6.35. The van der Waals surface area contributed by atoms with Crippen LogP contribution in [-0.4, -0.2) is 32.6 Å². The van der Waals surface area contributed by atoms with Gasteiger partial charge in [-0.15, -0.1) is 0 Å². The average Bonchev–Trinajstić information content (AvgIpc) is 2.59. The minimum atomic E-state index is -0.551. The number of esters is 1. The molecule has 2 aromatic rings. The lowest BCUT2D eigenvalue weighted by atomic mass is 10.2. The van der Waals surface area contributed by atoms with E-state index in [1.165, 1.54) is 0 Å². The number of anilines is 1.